The lowest BCUT2D eigenvalue weighted by Crippen LogP contribution is -2.22. The third-order valence-corrected chi connectivity index (χ3v) is 4.54. The number of benzene rings is 1. The van der Waals surface area contributed by atoms with Crippen LogP contribution < -0.4 is 5.32 Å². The van der Waals surface area contributed by atoms with Gasteiger partial charge >= 0.3 is 0 Å². The zero-order chi connectivity index (χ0) is 18.5. The molecule has 0 unspecified atom stereocenters. The van der Waals surface area contributed by atoms with Gasteiger partial charge in [-0.2, -0.15) is 0 Å². The SMILES string of the molecule is CN(C)C(=O)c1cccc(NC(=O)Cc2csc(-c3cccnc3)n2)c1. The molecule has 0 fully saturated rings. The van der Waals surface area contributed by atoms with Gasteiger partial charge in [0.05, 0.1) is 12.1 Å². The Labute approximate surface area is 155 Å². The molecular weight excluding hydrogens is 348 g/mol. The van der Waals surface area contributed by atoms with Crippen LogP contribution in [-0.2, 0) is 11.2 Å². The predicted octanol–water partition coefficient (Wildman–Crippen LogP) is 3.09. The number of pyridine rings is 1. The van der Waals surface area contributed by atoms with Gasteiger partial charge in [-0.25, -0.2) is 4.98 Å². The summed E-state index contributed by atoms with van der Waals surface area (Å²) in [5.41, 5.74) is 2.75. The van der Waals surface area contributed by atoms with Crippen molar-refractivity contribution in [1.82, 2.24) is 14.9 Å². The van der Waals surface area contributed by atoms with Crippen LogP contribution in [0, 0.1) is 0 Å². The highest BCUT2D eigenvalue weighted by Crippen LogP contribution is 2.23. The van der Waals surface area contributed by atoms with Gasteiger partial charge in [-0.1, -0.05) is 6.07 Å². The number of thiazole rings is 1. The lowest BCUT2D eigenvalue weighted by atomic mass is 10.1. The summed E-state index contributed by atoms with van der Waals surface area (Å²) in [6.45, 7) is 0. The molecular formula is C19H18N4O2S. The van der Waals surface area contributed by atoms with Crippen LogP contribution in [0.3, 0.4) is 0 Å². The Hall–Kier alpha value is -3.06. The minimum Gasteiger partial charge on any atom is -0.345 e. The van der Waals surface area contributed by atoms with Gasteiger partial charge in [0.1, 0.15) is 5.01 Å². The molecule has 0 aliphatic rings. The van der Waals surface area contributed by atoms with Crippen LogP contribution in [0.4, 0.5) is 5.69 Å². The molecule has 6 nitrogen and oxygen atoms in total. The van der Waals surface area contributed by atoms with Crippen molar-refractivity contribution in [2.24, 2.45) is 0 Å². The van der Waals surface area contributed by atoms with Gasteiger partial charge in [0.25, 0.3) is 5.91 Å². The van der Waals surface area contributed by atoms with Crippen molar-refractivity contribution in [1.29, 1.82) is 0 Å². The zero-order valence-electron chi connectivity index (χ0n) is 14.5. The highest BCUT2D eigenvalue weighted by molar-refractivity contribution is 7.13. The van der Waals surface area contributed by atoms with E-state index in [1.807, 2.05) is 17.5 Å². The van der Waals surface area contributed by atoms with Gasteiger partial charge < -0.3 is 10.2 Å². The van der Waals surface area contributed by atoms with E-state index in [1.165, 1.54) is 16.2 Å². The van der Waals surface area contributed by atoms with Gasteiger partial charge in [-0.3, -0.25) is 14.6 Å². The summed E-state index contributed by atoms with van der Waals surface area (Å²) in [4.78, 5) is 34.4. The molecule has 2 aromatic heterocycles. The molecule has 0 aliphatic heterocycles. The Morgan fingerprint density at radius 2 is 2.04 bits per heavy atom. The van der Waals surface area contributed by atoms with Crippen molar-refractivity contribution in [3.63, 3.8) is 0 Å². The minimum absolute atomic E-state index is 0.110. The highest BCUT2D eigenvalue weighted by atomic mass is 32.1. The molecule has 1 N–H and O–H groups in total. The van der Waals surface area contributed by atoms with E-state index in [4.69, 9.17) is 0 Å². The Morgan fingerprint density at radius 3 is 2.77 bits per heavy atom. The van der Waals surface area contributed by atoms with E-state index in [2.05, 4.69) is 15.3 Å². The first kappa shape index (κ1) is 17.8. The lowest BCUT2D eigenvalue weighted by Gasteiger charge is -2.11. The number of hydrogen-bond donors (Lipinski definition) is 1. The maximum Gasteiger partial charge on any atom is 0.253 e. The first-order valence-corrected chi connectivity index (χ1v) is 8.87. The Bertz CT molecular complexity index is 922. The summed E-state index contributed by atoms with van der Waals surface area (Å²) in [5.74, 6) is -0.288. The van der Waals surface area contributed by atoms with Crippen molar-refractivity contribution in [2.45, 2.75) is 6.42 Å². The van der Waals surface area contributed by atoms with Crippen molar-refractivity contribution in [2.75, 3.05) is 19.4 Å². The minimum atomic E-state index is -0.178. The Morgan fingerprint density at radius 1 is 1.19 bits per heavy atom. The quantitative estimate of drug-likeness (QED) is 0.753. The van der Waals surface area contributed by atoms with Crippen molar-refractivity contribution < 1.29 is 9.59 Å². The molecule has 7 heteroatoms. The van der Waals surface area contributed by atoms with E-state index in [1.54, 1.807) is 50.8 Å². The van der Waals surface area contributed by atoms with E-state index in [0.29, 0.717) is 16.9 Å². The van der Waals surface area contributed by atoms with Crippen LogP contribution in [0.5, 0.6) is 0 Å². The van der Waals surface area contributed by atoms with Gasteiger partial charge in [-0.05, 0) is 30.3 Å². The summed E-state index contributed by atoms with van der Waals surface area (Å²) in [7, 11) is 3.38. The number of aromatic nitrogens is 2. The highest BCUT2D eigenvalue weighted by Gasteiger charge is 2.12. The maximum absolute atomic E-state index is 12.3. The number of anilines is 1. The Kier molecular flexibility index (Phi) is 5.38. The molecule has 0 radical (unpaired) electrons. The third-order valence-electron chi connectivity index (χ3n) is 3.60. The molecule has 0 atom stereocenters. The van der Waals surface area contributed by atoms with E-state index in [0.717, 1.165) is 10.6 Å². The fraction of sp³-hybridized carbons (Fsp3) is 0.158. The van der Waals surface area contributed by atoms with E-state index in [9.17, 15) is 9.59 Å². The molecule has 0 saturated heterocycles. The molecule has 3 aromatic rings. The van der Waals surface area contributed by atoms with E-state index >= 15 is 0 Å². The average molecular weight is 366 g/mol. The number of nitrogens with one attached hydrogen (secondary N) is 1. The monoisotopic (exact) mass is 366 g/mol. The fourth-order valence-electron chi connectivity index (χ4n) is 2.37. The summed E-state index contributed by atoms with van der Waals surface area (Å²) in [5, 5.41) is 5.52. The van der Waals surface area contributed by atoms with Gasteiger partial charge in [0, 0.05) is 48.7 Å². The summed E-state index contributed by atoms with van der Waals surface area (Å²) in [6, 6.07) is 10.7. The van der Waals surface area contributed by atoms with Crippen LogP contribution in [0.15, 0.2) is 54.2 Å². The number of carbonyl (C=O) groups excluding carboxylic acids is 2. The second kappa shape index (κ2) is 7.88. The van der Waals surface area contributed by atoms with Crippen LogP contribution in [0.1, 0.15) is 16.1 Å². The van der Waals surface area contributed by atoms with Gasteiger partial charge in [0.15, 0.2) is 0 Å². The lowest BCUT2D eigenvalue weighted by molar-refractivity contribution is -0.115. The van der Waals surface area contributed by atoms with E-state index < -0.39 is 0 Å². The molecule has 3 rings (SSSR count). The van der Waals surface area contributed by atoms with Crippen molar-refractivity contribution >= 4 is 28.8 Å². The second-order valence-corrected chi connectivity index (χ2v) is 6.75. The standard InChI is InChI=1S/C19H18N4O2S/c1-23(2)19(25)13-5-3-7-15(9-13)21-17(24)10-16-12-26-18(22-16)14-6-4-8-20-11-14/h3-9,11-12H,10H2,1-2H3,(H,21,24). The van der Waals surface area contributed by atoms with Crippen LogP contribution in [-0.4, -0.2) is 40.8 Å². The van der Waals surface area contributed by atoms with Crippen LogP contribution in [0.2, 0.25) is 0 Å². The molecule has 26 heavy (non-hydrogen) atoms. The molecule has 0 saturated carbocycles. The first-order chi connectivity index (χ1) is 12.5. The third kappa shape index (κ3) is 4.31. The zero-order valence-corrected chi connectivity index (χ0v) is 15.3. The van der Waals surface area contributed by atoms with E-state index in [-0.39, 0.29) is 18.2 Å². The average Bonchev–Trinajstić information content (AvgIpc) is 3.10. The topological polar surface area (TPSA) is 75.2 Å². The molecule has 1 aromatic carbocycles. The normalized spacial score (nSPS) is 10.4. The molecule has 0 aliphatic carbocycles. The molecule has 0 spiro atoms. The van der Waals surface area contributed by atoms with Crippen molar-refractivity contribution in [3.05, 3.63) is 65.4 Å². The molecule has 132 valence electrons. The summed E-state index contributed by atoms with van der Waals surface area (Å²) >= 11 is 1.48. The number of carbonyl (C=O) groups is 2. The number of rotatable bonds is 5. The van der Waals surface area contributed by atoms with Crippen molar-refractivity contribution in [3.8, 4) is 10.6 Å². The number of hydrogen-bond acceptors (Lipinski definition) is 5. The molecule has 0 bridgehead atoms. The predicted molar refractivity (Wildman–Crippen MR) is 102 cm³/mol. The Balaban J connectivity index is 1.66. The van der Waals surface area contributed by atoms with Crippen LogP contribution in [0.25, 0.3) is 10.6 Å². The van der Waals surface area contributed by atoms with Gasteiger partial charge in [-0.15, -0.1) is 11.3 Å². The first-order valence-electron chi connectivity index (χ1n) is 7.99. The van der Waals surface area contributed by atoms with Gasteiger partial charge in [0.2, 0.25) is 5.91 Å². The molecule has 2 heterocycles. The second-order valence-electron chi connectivity index (χ2n) is 5.89. The smallest absolute Gasteiger partial charge is 0.253 e. The maximum atomic E-state index is 12.3. The summed E-state index contributed by atoms with van der Waals surface area (Å²) in [6.07, 6.45) is 3.62. The summed E-state index contributed by atoms with van der Waals surface area (Å²) < 4.78 is 0. The number of amides is 2. The largest absolute Gasteiger partial charge is 0.345 e. The number of nitrogens with zero attached hydrogens (tertiary/aromatic N) is 3. The van der Waals surface area contributed by atoms with Crippen LogP contribution >= 0.6 is 11.3 Å². The fourth-order valence-corrected chi connectivity index (χ4v) is 3.18. The molecule has 2 amide bonds.